The van der Waals surface area contributed by atoms with Crippen molar-refractivity contribution in [3.05, 3.63) is 65.6 Å². The lowest BCUT2D eigenvalue weighted by Gasteiger charge is -2.11. The molecule has 4 heteroatoms. The largest absolute Gasteiger partial charge is 0.488 e. The van der Waals surface area contributed by atoms with Gasteiger partial charge in [-0.25, -0.2) is 4.39 Å². The lowest BCUT2D eigenvalue weighted by molar-refractivity contribution is 0.308. The number of H-pyrrole nitrogens is 1. The molecule has 0 saturated carbocycles. The Kier molecular flexibility index (Phi) is 4.63. The van der Waals surface area contributed by atoms with Crippen molar-refractivity contribution in [2.75, 3.05) is 20.6 Å². The van der Waals surface area contributed by atoms with Crippen molar-refractivity contribution in [1.29, 1.82) is 0 Å². The Labute approximate surface area is 135 Å². The number of aromatic amines is 1. The number of hydrogen-bond donors (Lipinski definition) is 1. The number of halogens is 1. The van der Waals surface area contributed by atoms with Crippen molar-refractivity contribution in [3.8, 4) is 5.75 Å². The molecule has 1 N–H and O–H groups in total. The van der Waals surface area contributed by atoms with Gasteiger partial charge in [-0.2, -0.15) is 0 Å². The van der Waals surface area contributed by atoms with Crippen molar-refractivity contribution in [2.24, 2.45) is 0 Å². The number of hydrogen-bond acceptors (Lipinski definition) is 2. The number of nitrogens with zero attached hydrogens (tertiary/aromatic N) is 1. The second-order valence-corrected chi connectivity index (χ2v) is 5.97. The van der Waals surface area contributed by atoms with Crippen LogP contribution in [-0.2, 0) is 13.0 Å². The third-order valence-electron chi connectivity index (χ3n) is 3.86. The SMILES string of the molecule is CN(C)CCc1c[nH]c2cc(F)cc(OCc3ccccc3)c12. The van der Waals surface area contributed by atoms with E-state index in [9.17, 15) is 4.39 Å². The maximum atomic E-state index is 13.8. The minimum absolute atomic E-state index is 0.290. The zero-order valence-corrected chi connectivity index (χ0v) is 13.5. The maximum Gasteiger partial charge on any atom is 0.132 e. The molecule has 3 rings (SSSR count). The molecule has 0 fully saturated rings. The van der Waals surface area contributed by atoms with E-state index in [1.807, 2.05) is 50.6 Å². The van der Waals surface area contributed by atoms with E-state index in [0.717, 1.165) is 35.0 Å². The third kappa shape index (κ3) is 3.71. The van der Waals surface area contributed by atoms with E-state index in [1.165, 1.54) is 12.1 Å². The Hall–Kier alpha value is -2.33. The molecule has 3 aromatic rings. The molecule has 0 atom stereocenters. The van der Waals surface area contributed by atoms with Gasteiger partial charge in [-0.15, -0.1) is 0 Å². The predicted octanol–water partition coefficient (Wildman–Crippen LogP) is 3.99. The number of benzene rings is 2. The first-order valence-electron chi connectivity index (χ1n) is 7.74. The van der Waals surface area contributed by atoms with E-state index in [1.54, 1.807) is 0 Å². The van der Waals surface area contributed by atoms with Crippen LogP contribution >= 0.6 is 0 Å². The fourth-order valence-electron chi connectivity index (χ4n) is 2.65. The van der Waals surface area contributed by atoms with E-state index < -0.39 is 0 Å². The molecule has 3 nitrogen and oxygen atoms in total. The molecule has 0 aliphatic heterocycles. The van der Waals surface area contributed by atoms with Crippen LogP contribution in [0.15, 0.2) is 48.7 Å². The topological polar surface area (TPSA) is 28.3 Å². The van der Waals surface area contributed by atoms with Gasteiger partial charge < -0.3 is 14.6 Å². The average Bonchev–Trinajstić information content (AvgIpc) is 2.94. The molecule has 120 valence electrons. The fourth-order valence-corrected chi connectivity index (χ4v) is 2.65. The van der Waals surface area contributed by atoms with Crippen molar-refractivity contribution in [2.45, 2.75) is 13.0 Å². The van der Waals surface area contributed by atoms with Gasteiger partial charge in [0, 0.05) is 24.2 Å². The molecule has 0 saturated heterocycles. The number of fused-ring (bicyclic) bond motifs is 1. The van der Waals surface area contributed by atoms with Crippen LogP contribution in [0.4, 0.5) is 4.39 Å². The summed E-state index contributed by atoms with van der Waals surface area (Å²) in [6.45, 7) is 1.36. The van der Waals surface area contributed by atoms with Crippen molar-refractivity contribution >= 4 is 10.9 Å². The van der Waals surface area contributed by atoms with Gasteiger partial charge in [0.2, 0.25) is 0 Å². The van der Waals surface area contributed by atoms with Crippen LogP contribution in [0.1, 0.15) is 11.1 Å². The summed E-state index contributed by atoms with van der Waals surface area (Å²) in [7, 11) is 4.09. The standard InChI is InChI=1S/C19H21FN2O/c1-22(2)9-8-15-12-21-17-10-16(20)11-18(19(15)17)23-13-14-6-4-3-5-7-14/h3-7,10-12,21H,8-9,13H2,1-2H3. The van der Waals surface area contributed by atoms with Crippen molar-refractivity contribution < 1.29 is 9.13 Å². The molecule has 0 unspecified atom stereocenters. The monoisotopic (exact) mass is 312 g/mol. The lowest BCUT2D eigenvalue weighted by Crippen LogP contribution is -2.14. The lowest BCUT2D eigenvalue weighted by atomic mass is 10.1. The molecule has 0 aliphatic rings. The predicted molar refractivity (Wildman–Crippen MR) is 91.3 cm³/mol. The van der Waals surface area contributed by atoms with Gasteiger partial charge in [-0.3, -0.25) is 0 Å². The van der Waals surface area contributed by atoms with E-state index in [2.05, 4.69) is 9.88 Å². The molecule has 0 aliphatic carbocycles. The Morgan fingerprint density at radius 3 is 2.65 bits per heavy atom. The fraction of sp³-hybridized carbons (Fsp3) is 0.263. The second kappa shape index (κ2) is 6.84. The van der Waals surface area contributed by atoms with Gasteiger partial charge >= 0.3 is 0 Å². The highest BCUT2D eigenvalue weighted by molar-refractivity contribution is 5.89. The Morgan fingerprint density at radius 2 is 1.91 bits per heavy atom. The minimum Gasteiger partial charge on any atom is -0.488 e. The maximum absolute atomic E-state index is 13.8. The minimum atomic E-state index is -0.290. The van der Waals surface area contributed by atoms with E-state index in [4.69, 9.17) is 4.74 Å². The van der Waals surface area contributed by atoms with Crippen LogP contribution in [0.3, 0.4) is 0 Å². The summed E-state index contributed by atoms with van der Waals surface area (Å²) in [6.07, 6.45) is 2.84. The smallest absolute Gasteiger partial charge is 0.132 e. The summed E-state index contributed by atoms with van der Waals surface area (Å²) in [5.41, 5.74) is 2.99. The number of aromatic nitrogens is 1. The van der Waals surface area contributed by atoms with Gasteiger partial charge in [0.15, 0.2) is 0 Å². The molecule has 1 heterocycles. The summed E-state index contributed by atoms with van der Waals surface area (Å²) >= 11 is 0. The number of rotatable bonds is 6. The first-order chi connectivity index (χ1) is 11.1. The van der Waals surface area contributed by atoms with Crippen LogP contribution in [0.5, 0.6) is 5.75 Å². The molecule has 2 aromatic carbocycles. The quantitative estimate of drug-likeness (QED) is 0.745. The molecule has 23 heavy (non-hydrogen) atoms. The Bertz CT molecular complexity index is 781. The summed E-state index contributed by atoms with van der Waals surface area (Å²) in [4.78, 5) is 5.28. The van der Waals surface area contributed by atoms with Gasteiger partial charge in [0.1, 0.15) is 18.2 Å². The van der Waals surface area contributed by atoms with Crippen LogP contribution in [0.25, 0.3) is 10.9 Å². The third-order valence-corrected chi connectivity index (χ3v) is 3.86. The number of likely N-dealkylation sites (N-methyl/N-ethyl adjacent to an activating group) is 1. The van der Waals surface area contributed by atoms with Crippen LogP contribution in [-0.4, -0.2) is 30.5 Å². The molecular formula is C19H21FN2O. The van der Waals surface area contributed by atoms with Crippen molar-refractivity contribution in [1.82, 2.24) is 9.88 Å². The van der Waals surface area contributed by atoms with E-state index >= 15 is 0 Å². The Balaban J connectivity index is 1.89. The van der Waals surface area contributed by atoms with Crippen LogP contribution in [0, 0.1) is 5.82 Å². The van der Waals surface area contributed by atoms with Crippen molar-refractivity contribution in [3.63, 3.8) is 0 Å². The summed E-state index contributed by atoms with van der Waals surface area (Å²) in [5.74, 6) is 0.306. The first kappa shape index (κ1) is 15.6. The van der Waals surface area contributed by atoms with E-state index in [0.29, 0.717) is 12.4 Å². The van der Waals surface area contributed by atoms with Crippen LogP contribution in [0.2, 0.25) is 0 Å². The highest BCUT2D eigenvalue weighted by atomic mass is 19.1. The van der Waals surface area contributed by atoms with Gasteiger partial charge in [-0.1, -0.05) is 30.3 Å². The molecule has 0 spiro atoms. The van der Waals surface area contributed by atoms with Gasteiger partial charge in [-0.05, 0) is 37.7 Å². The highest BCUT2D eigenvalue weighted by Crippen LogP contribution is 2.31. The van der Waals surface area contributed by atoms with Gasteiger partial charge in [0.25, 0.3) is 0 Å². The molecule has 1 aromatic heterocycles. The summed E-state index contributed by atoms with van der Waals surface area (Å²) < 4.78 is 19.8. The average molecular weight is 312 g/mol. The zero-order chi connectivity index (χ0) is 16.2. The highest BCUT2D eigenvalue weighted by Gasteiger charge is 2.12. The summed E-state index contributed by atoms with van der Waals surface area (Å²) in [6, 6.07) is 12.9. The Morgan fingerprint density at radius 1 is 1.13 bits per heavy atom. The molecular weight excluding hydrogens is 291 g/mol. The molecule has 0 bridgehead atoms. The second-order valence-electron chi connectivity index (χ2n) is 5.97. The van der Waals surface area contributed by atoms with E-state index in [-0.39, 0.29) is 5.82 Å². The summed E-state index contributed by atoms with van der Waals surface area (Å²) in [5, 5.41) is 0.976. The van der Waals surface area contributed by atoms with Gasteiger partial charge in [0.05, 0.1) is 5.52 Å². The number of ether oxygens (including phenoxy) is 1. The zero-order valence-electron chi connectivity index (χ0n) is 13.5. The first-order valence-corrected chi connectivity index (χ1v) is 7.74. The number of nitrogens with one attached hydrogen (secondary N) is 1. The molecule has 0 amide bonds. The molecule has 0 radical (unpaired) electrons. The normalized spacial score (nSPS) is 11.3. The van der Waals surface area contributed by atoms with Crippen LogP contribution < -0.4 is 4.74 Å².